The average Bonchev–Trinajstić information content (AvgIpc) is 3.04. The monoisotopic (exact) mass is 324 g/mol. The van der Waals surface area contributed by atoms with E-state index in [9.17, 15) is 0 Å². The van der Waals surface area contributed by atoms with E-state index in [0.717, 1.165) is 36.3 Å². The number of piperidine rings is 1. The predicted molar refractivity (Wildman–Crippen MR) is 95.0 cm³/mol. The quantitative estimate of drug-likeness (QED) is 0.801. The summed E-state index contributed by atoms with van der Waals surface area (Å²) < 4.78 is 11.6. The number of methoxy groups -OCH3 is 1. The normalized spacial score (nSPS) is 27.7. The van der Waals surface area contributed by atoms with Gasteiger partial charge in [-0.2, -0.15) is 0 Å². The van der Waals surface area contributed by atoms with Crippen molar-refractivity contribution >= 4 is 10.9 Å². The summed E-state index contributed by atoms with van der Waals surface area (Å²) in [4.78, 5) is 6.98. The van der Waals surface area contributed by atoms with Gasteiger partial charge in [-0.05, 0) is 55.5 Å². The molecule has 126 valence electrons. The van der Waals surface area contributed by atoms with E-state index < -0.39 is 0 Å². The summed E-state index contributed by atoms with van der Waals surface area (Å²) in [5.41, 5.74) is 2.23. The van der Waals surface area contributed by atoms with E-state index in [1.54, 1.807) is 7.11 Å². The fourth-order valence-corrected chi connectivity index (χ4v) is 4.10. The van der Waals surface area contributed by atoms with Gasteiger partial charge >= 0.3 is 0 Å². The number of ether oxygens (including phenoxy) is 2. The molecule has 2 aliphatic rings. The van der Waals surface area contributed by atoms with Crippen LogP contribution in [0.1, 0.15) is 31.4 Å². The highest BCUT2D eigenvalue weighted by Crippen LogP contribution is 2.41. The third kappa shape index (κ3) is 2.70. The minimum atomic E-state index is 0.107. The molecule has 0 spiro atoms. The maximum atomic E-state index is 6.23. The lowest BCUT2D eigenvalue weighted by Gasteiger charge is -2.34. The summed E-state index contributed by atoms with van der Waals surface area (Å²) in [7, 11) is 1.70. The molecule has 3 atom stereocenters. The van der Waals surface area contributed by atoms with Gasteiger partial charge < -0.3 is 9.47 Å². The molecule has 24 heavy (non-hydrogen) atoms. The van der Waals surface area contributed by atoms with Crippen LogP contribution in [0.4, 0.5) is 0 Å². The number of nitrogens with zero attached hydrogens (tertiary/aromatic N) is 2. The molecule has 0 bridgehead atoms. The molecule has 3 heterocycles. The van der Waals surface area contributed by atoms with Gasteiger partial charge in [0.15, 0.2) is 0 Å². The predicted octanol–water partition coefficient (Wildman–Crippen LogP) is 3.93. The molecule has 3 unspecified atom stereocenters. The molecule has 4 nitrogen and oxygen atoms in total. The van der Waals surface area contributed by atoms with E-state index in [0.29, 0.717) is 12.0 Å². The highest BCUT2D eigenvalue weighted by molar-refractivity contribution is 5.84. The van der Waals surface area contributed by atoms with Gasteiger partial charge in [0, 0.05) is 24.2 Å². The Labute approximate surface area is 143 Å². The molecule has 0 amide bonds. The molecule has 2 aromatic rings. The maximum Gasteiger partial charge on any atom is 0.119 e. The van der Waals surface area contributed by atoms with Crippen molar-refractivity contribution in [1.82, 2.24) is 9.88 Å². The van der Waals surface area contributed by atoms with Gasteiger partial charge in [0.1, 0.15) is 18.6 Å². The molecule has 1 aromatic carbocycles. The molecule has 1 aromatic heterocycles. The van der Waals surface area contributed by atoms with Gasteiger partial charge in [-0.15, -0.1) is 0 Å². The largest absolute Gasteiger partial charge is 0.497 e. The lowest BCUT2D eigenvalue weighted by Crippen LogP contribution is -2.39. The molecular formula is C20H24N2O2. The van der Waals surface area contributed by atoms with Gasteiger partial charge in [-0.3, -0.25) is 9.88 Å². The summed E-state index contributed by atoms with van der Waals surface area (Å²) in [5, 5.41) is 1.14. The Bertz CT molecular complexity index is 758. The highest BCUT2D eigenvalue weighted by atomic mass is 16.5. The Morgan fingerprint density at radius 3 is 3.08 bits per heavy atom. The van der Waals surface area contributed by atoms with Crippen LogP contribution in [0.5, 0.6) is 5.75 Å². The first-order valence-electron chi connectivity index (χ1n) is 8.71. The summed E-state index contributed by atoms with van der Waals surface area (Å²) >= 11 is 0. The van der Waals surface area contributed by atoms with Gasteiger partial charge in [0.2, 0.25) is 0 Å². The first-order chi connectivity index (χ1) is 11.8. The van der Waals surface area contributed by atoms with Crippen LogP contribution in [-0.4, -0.2) is 36.3 Å². The zero-order valence-corrected chi connectivity index (χ0v) is 14.3. The van der Waals surface area contributed by atoms with Gasteiger partial charge in [-0.1, -0.05) is 12.2 Å². The summed E-state index contributed by atoms with van der Waals surface area (Å²) in [6.45, 7) is 3.95. The number of benzene rings is 1. The Morgan fingerprint density at radius 2 is 2.25 bits per heavy atom. The van der Waals surface area contributed by atoms with Crippen LogP contribution in [0.2, 0.25) is 0 Å². The standard InChI is InChI=1S/C20H24N2O2/c1-3-4-14-8-10-22-13-24-20(19(22)11-14)16-7-9-21-18-6-5-15(23-2)12-17(16)18/h3-7,9,12,14,19-20H,8,10-11,13H2,1-2H3/b4-3+. The first kappa shape index (κ1) is 15.6. The maximum absolute atomic E-state index is 6.23. The summed E-state index contributed by atoms with van der Waals surface area (Å²) in [6.07, 6.45) is 8.90. The Morgan fingerprint density at radius 1 is 1.33 bits per heavy atom. The lowest BCUT2D eigenvalue weighted by atomic mass is 9.86. The van der Waals surface area contributed by atoms with E-state index in [4.69, 9.17) is 9.47 Å². The molecular weight excluding hydrogens is 300 g/mol. The topological polar surface area (TPSA) is 34.6 Å². The van der Waals surface area contributed by atoms with Crippen LogP contribution in [0.3, 0.4) is 0 Å². The third-order valence-corrected chi connectivity index (χ3v) is 5.32. The van der Waals surface area contributed by atoms with Crippen molar-refractivity contribution in [2.75, 3.05) is 20.4 Å². The van der Waals surface area contributed by atoms with Crippen LogP contribution in [0.15, 0.2) is 42.6 Å². The molecule has 0 radical (unpaired) electrons. The van der Waals surface area contributed by atoms with E-state index >= 15 is 0 Å². The van der Waals surface area contributed by atoms with Gasteiger partial charge in [0.05, 0.1) is 12.6 Å². The second kappa shape index (κ2) is 6.54. The SMILES string of the molecule is C/C=C/C1CCN2COC(c3ccnc4ccc(OC)cc34)C2C1. The highest BCUT2D eigenvalue weighted by Gasteiger charge is 2.40. The zero-order valence-electron chi connectivity index (χ0n) is 14.3. The zero-order chi connectivity index (χ0) is 16.5. The van der Waals surface area contributed by atoms with Gasteiger partial charge in [-0.25, -0.2) is 0 Å². The Balaban J connectivity index is 1.71. The minimum absolute atomic E-state index is 0.107. The van der Waals surface area contributed by atoms with Crippen LogP contribution in [0.25, 0.3) is 10.9 Å². The number of hydrogen-bond donors (Lipinski definition) is 0. The molecule has 0 aliphatic carbocycles. The smallest absolute Gasteiger partial charge is 0.119 e. The number of hydrogen-bond acceptors (Lipinski definition) is 4. The molecule has 0 N–H and O–H groups in total. The molecule has 2 saturated heterocycles. The fourth-order valence-electron chi connectivity index (χ4n) is 4.10. The van der Waals surface area contributed by atoms with Crippen molar-refractivity contribution in [3.8, 4) is 5.75 Å². The van der Waals surface area contributed by atoms with E-state index in [1.807, 2.05) is 18.3 Å². The van der Waals surface area contributed by atoms with Crippen LogP contribution in [-0.2, 0) is 4.74 Å². The van der Waals surface area contributed by atoms with Crippen molar-refractivity contribution in [2.24, 2.45) is 5.92 Å². The summed E-state index contributed by atoms with van der Waals surface area (Å²) in [5.74, 6) is 1.52. The van der Waals surface area contributed by atoms with Crippen molar-refractivity contribution < 1.29 is 9.47 Å². The second-order valence-electron chi connectivity index (χ2n) is 6.69. The van der Waals surface area contributed by atoms with Crippen molar-refractivity contribution in [3.63, 3.8) is 0 Å². The van der Waals surface area contributed by atoms with Crippen LogP contribution < -0.4 is 4.74 Å². The van der Waals surface area contributed by atoms with Crippen molar-refractivity contribution in [3.05, 3.63) is 48.2 Å². The number of rotatable bonds is 3. The van der Waals surface area contributed by atoms with E-state index in [-0.39, 0.29) is 6.10 Å². The number of aromatic nitrogens is 1. The van der Waals surface area contributed by atoms with Crippen molar-refractivity contribution in [2.45, 2.75) is 31.9 Å². The van der Waals surface area contributed by atoms with Crippen LogP contribution in [0, 0.1) is 5.92 Å². The third-order valence-electron chi connectivity index (χ3n) is 5.32. The molecule has 4 rings (SSSR count). The first-order valence-corrected chi connectivity index (χ1v) is 8.71. The van der Waals surface area contributed by atoms with Crippen molar-refractivity contribution in [1.29, 1.82) is 0 Å². The van der Waals surface area contributed by atoms with Gasteiger partial charge in [0.25, 0.3) is 0 Å². The molecule has 4 heteroatoms. The minimum Gasteiger partial charge on any atom is -0.497 e. The summed E-state index contributed by atoms with van der Waals surface area (Å²) in [6, 6.07) is 8.61. The fraction of sp³-hybridized carbons (Fsp3) is 0.450. The van der Waals surface area contributed by atoms with Crippen LogP contribution >= 0.6 is 0 Å². The Kier molecular flexibility index (Phi) is 4.25. The number of fused-ring (bicyclic) bond motifs is 2. The molecule has 0 saturated carbocycles. The van der Waals surface area contributed by atoms with E-state index in [1.165, 1.54) is 12.0 Å². The van der Waals surface area contributed by atoms with E-state index in [2.05, 4.69) is 41.1 Å². The number of allylic oxidation sites excluding steroid dienone is 2. The molecule has 2 aliphatic heterocycles. The lowest BCUT2D eigenvalue weighted by molar-refractivity contribution is 0.0902. The Hall–Kier alpha value is -1.91. The number of pyridine rings is 1. The second-order valence-corrected chi connectivity index (χ2v) is 6.69. The average molecular weight is 324 g/mol. The molecule has 2 fully saturated rings.